The van der Waals surface area contributed by atoms with E-state index in [0.29, 0.717) is 31.8 Å². The monoisotopic (exact) mass is 273 g/mol. The molecule has 2 aromatic rings. The Labute approximate surface area is 116 Å². The first kappa shape index (κ1) is 12.9. The molecule has 2 aromatic heterocycles. The van der Waals surface area contributed by atoms with E-state index in [1.807, 2.05) is 6.92 Å². The quantitative estimate of drug-likeness (QED) is 0.839. The summed E-state index contributed by atoms with van der Waals surface area (Å²) in [7, 11) is 0. The van der Waals surface area contributed by atoms with Crippen molar-refractivity contribution in [1.82, 2.24) is 19.9 Å². The fourth-order valence-electron chi connectivity index (χ4n) is 2.40. The molecule has 0 bridgehead atoms. The lowest BCUT2D eigenvalue weighted by Gasteiger charge is -2.31. The van der Waals surface area contributed by atoms with Gasteiger partial charge in [-0.15, -0.1) is 0 Å². The van der Waals surface area contributed by atoms with Crippen molar-refractivity contribution in [3.8, 4) is 11.1 Å². The average molecular weight is 273 g/mol. The number of rotatable bonds is 2. The summed E-state index contributed by atoms with van der Waals surface area (Å²) in [5, 5.41) is 0. The number of aromatic nitrogens is 4. The minimum atomic E-state index is -0.697. The molecule has 1 aliphatic heterocycles. The number of aryl methyl sites for hydroxylation is 1. The second kappa shape index (κ2) is 5.48. The number of hydrogen-bond acceptors (Lipinski definition) is 5. The zero-order valence-electron chi connectivity index (χ0n) is 11.3. The predicted octanol–water partition coefficient (Wildman–Crippen LogP) is 2.18. The molecule has 0 N–H and O–H groups in total. The van der Waals surface area contributed by atoms with Crippen LogP contribution in [0, 0.1) is 6.92 Å². The SMILES string of the molecule is Cc1ncc(-c2cncnc2)c(N2CCC(F)CC2)n1. The third-order valence-corrected chi connectivity index (χ3v) is 3.48. The van der Waals surface area contributed by atoms with Gasteiger partial charge in [0.1, 0.15) is 24.1 Å². The first-order valence-electron chi connectivity index (χ1n) is 6.72. The summed E-state index contributed by atoms with van der Waals surface area (Å²) >= 11 is 0. The Morgan fingerprint density at radius 3 is 2.55 bits per heavy atom. The van der Waals surface area contributed by atoms with E-state index in [0.717, 1.165) is 16.9 Å². The van der Waals surface area contributed by atoms with E-state index < -0.39 is 6.17 Å². The third-order valence-electron chi connectivity index (χ3n) is 3.48. The molecule has 0 radical (unpaired) electrons. The van der Waals surface area contributed by atoms with Crippen molar-refractivity contribution in [2.24, 2.45) is 0 Å². The summed E-state index contributed by atoms with van der Waals surface area (Å²) < 4.78 is 13.3. The van der Waals surface area contributed by atoms with E-state index in [2.05, 4.69) is 24.8 Å². The molecule has 0 aromatic carbocycles. The number of halogens is 1. The highest BCUT2D eigenvalue weighted by atomic mass is 19.1. The molecule has 104 valence electrons. The second-order valence-corrected chi connectivity index (χ2v) is 4.94. The molecule has 0 saturated carbocycles. The first-order chi connectivity index (χ1) is 9.74. The summed E-state index contributed by atoms with van der Waals surface area (Å²) in [6.07, 6.45) is 7.17. The lowest BCUT2D eigenvalue weighted by atomic mass is 10.1. The molecule has 3 rings (SSSR count). The Balaban J connectivity index is 1.99. The Bertz CT molecular complexity index is 581. The maximum absolute atomic E-state index is 13.3. The fourth-order valence-corrected chi connectivity index (χ4v) is 2.40. The largest absolute Gasteiger partial charge is 0.356 e. The highest BCUT2D eigenvalue weighted by Crippen LogP contribution is 2.29. The maximum Gasteiger partial charge on any atom is 0.140 e. The Kier molecular flexibility index (Phi) is 3.54. The molecule has 3 heterocycles. The molecule has 5 nitrogen and oxygen atoms in total. The van der Waals surface area contributed by atoms with Crippen molar-refractivity contribution in [3.63, 3.8) is 0 Å². The van der Waals surface area contributed by atoms with Crippen LogP contribution in [-0.2, 0) is 0 Å². The van der Waals surface area contributed by atoms with Crippen molar-refractivity contribution in [3.05, 3.63) is 30.7 Å². The standard InChI is InChI=1S/C14H16FN5/c1-10-18-8-13(11-6-16-9-17-7-11)14(19-10)20-4-2-12(15)3-5-20/h6-9,12H,2-5H2,1H3. The molecule has 0 aliphatic carbocycles. The Morgan fingerprint density at radius 2 is 1.85 bits per heavy atom. The summed E-state index contributed by atoms with van der Waals surface area (Å²) in [6.45, 7) is 3.22. The topological polar surface area (TPSA) is 54.8 Å². The van der Waals surface area contributed by atoms with Gasteiger partial charge in [-0.05, 0) is 19.8 Å². The van der Waals surface area contributed by atoms with Gasteiger partial charge in [-0.3, -0.25) is 0 Å². The van der Waals surface area contributed by atoms with Crippen LogP contribution in [0.5, 0.6) is 0 Å². The van der Waals surface area contributed by atoms with Crippen molar-refractivity contribution in [2.45, 2.75) is 25.9 Å². The van der Waals surface area contributed by atoms with Crippen LogP contribution < -0.4 is 4.90 Å². The molecule has 1 fully saturated rings. The van der Waals surface area contributed by atoms with Crippen molar-refractivity contribution in [1.29, 1.82) is 0 Å². The van der Waals surface area contributed by atoms with Gasteiger partial charge in [0.2, 0.25) is 0 Å². The van der Waals surface area contributed by atoms with Gasteiger partial charge < -0.3 is 4.90 Å². The Morgan fingerprint density at radius 1 is 1.15 bits per heavy atom. The fraction of sp³-hybridized carbons (Fsp3) is 0.429. The number of alkyl halides is 1. The molecule has 6 heteroatoms. The number of hydrogen-bond donors (Lipinski definition) is 0. The zero-order valence-corrected chi connectivity index (χ0v) is 11.3. The molecular formula is C14H16FN5. The molecule has 1 saturated heterocycles. The van der Waals surface area contributed by atoms with Gasteiger partial charge >= 0.3 is 0 Å². The molecule has 0 atom stereocenters. The van der Waals surface area contributed by atoms with E-state index in [4.69, 9.17) is 0 Å². The highest BCUT2D eigenvalue weighted by Gasteiger charge is 2.22. The normalized spacial score (nSPS) is 16.4. The van der Waals surface area contributed by atoms with E-state index in [-0.39, 0.29) is 0 Å². The number of piperidine rings is 1. The van der Waals surface area contributed by atoms with Gasteiger partial charge in [0.05, 0.1) is 0 Å². The first-order valence-corrected chi connectivity index (χ1v) is 6.72. The lowest BCUT2D eigenvalue weighted by Crippen LogP contribution is -2.35. The van der Waals surface area contributed by atoms with Gasteiger partial charge in [-0.25, -0.2) is 24.3 Å². The second-order valence-electron chi connectivity index (χ2n) is 4.94. The average Bonchev–Trinajstić information content (AvgIpc) is 2.49. The van der Waals surface area contributed by atoms with E-state index in [9.17, 15) is 4.39 Å². The van der Waals surface area contributed by atoms with Crippen molar-refractivity contribution < 1.29 is 4.39 Å². The molecule has 0 spiro atoms. The van der Waals surface area contributed by atoms with Gasteiger partial charge in [-0.2, -0.15) is 0 Å². The molecule has 1 aliphatic rings. The molecule has 0 amide bonds. The van der Waals surface area contributed by atoms with Crippen LogP contribution in [0.2, 0.25) is 0 Å². The van der Waals surface area contributed by atoms with Crippen molar-refractivity contribution >= 4 is 5.82 Å². The maximum atomic E-state index is 13.3. The molecule has 0 unspecified atom stereocenters. The van der Waals surface area contributed by atoms with Crippen LogP contribution in [-0.4, -0.2) is 39.2 Å². The molecular weight excluding hydrogens is 257 g/mol. The number of nitrogens with zero attached hydrogens (tertiary/aromatic N) is 5. The number of anilines is 1. The van der Waals surface area contributed by atoms with Crippen LogP contribution in [0.15, 0.2) is 24.9 Å². The van der Waals surface area contributed by atoms with Crippen LogP contribution in [0.1, 0.15) is 18.7 Å². The van der Waals surface area contributed by atoms with Gasteiger partial charge in [0, 0.05) is 42.8 Å². The third kappa shape index (κ3) is 2.59. The van der Waals surface area contributed by atoms with Crippen LogP contribution in [0.3, 0.4) is 0 Å². The molecule has 20 heavy (non-hydrogen) atoms. The van der Waals surface area contributed by atoms with E-state index >= 15 is 0 Å². The zero-order chi connectivity index (χ0) is 13.9. The van der Waals surface area contributed by atoms with Gasteiger partial charge in [0.25, 0.3) is 0 Å². The van der Waals surface area contributed by atoms with Crippen LogP contribution >= 0.6 is 0 Å². The van der Waals surface area contributed by atoms with Crippen molar-refractivity contribution in [2.75, 3.05) is 18.0 Å². The smallest absolute Gasteiger partial charge is 0.140 e. The lowest BCUT2D eigenvalue weighted by molar-refractivity contribution is 0.277. The van der Waals surface area contributed by atoms with Gasteiger partial charge in [0.15, 0.2) is 0 Å². The van der Waals surface area contributed by atoms with Crippen LogP contribution in [0.25, 0.3) is 11.1 Å². The summed E-state index contributed by atoms with van der Waals surface area (Å²) in [6, 6.07) is 0. The Hall–Kier alpha value is -2.11. The van der Waals surface area contributed by atoms with E-state index in [1.165, 1.54) is 6.33 Å². The summed E-state index contributed by atoms with van der Waals surface area (Å²) in [4.78, 5) is 19.0. The minimum absolute atomic E-state index is 0.549. The summed E-state index contributed by atoms with van der Waals surface area (Å²) in [5.74, 6) is 1.56. The summed E-state index contributed by atoms with van der Waals surface area (Å²) in [5.41, 5.74) is 1.78. The van der Waals surface area contributed by atoms with Crippen LogP contribution in [0.4, 0.5) is 10.2 Å². The predicted molar refractivity (Wildman–Crippen MR) is 74.1 cm³/mol. The van der Waals surface area contributed by atoms with Gasteiger partial charge in [-0.1, -0.05) is 0 Å². The minimum Gasteiger partial charge on any atom is -0.356 e. The highest BCUT2D eigenvalue weighted by molar-refractivity contribution is 5.74. The van der Waals surface area contributed by atoms with E-state index in [1.54, 1.807) is 18.6 Å².